The van der Waals surface area contributed by atoms with Crippen molar-refractivity contribution in [2.75, 3.05) is 27.3 Å². The minimum Gasteiger partial charge on any atom is -0.493 e. The number of piperidine rings is 1. The van der Waals surface area contributed by atoms with Crippen LogP contribution in [0.2, 0.25) is 0 Å². The third kappa shape index (κ3) is 6.62. The van der Waals surface area contributed by atoms with Crippen LogP contribution in [-0.4, -0.2) is 50.3 Å². The van der Waals surface area contributed by atoms with Crippen LogP contribution in [0.4, 0.5) is 0 Å². The Morgan fingerprint density at radius 1 is 1.06 bits per heavy atom. The average Bonchev–Trinajstić information content (AvgIpc) is 2.80. The lowest BCUT2D eigenvalue weighted by Gasteiger charge is -2.38. The summed E-state index contributed by atoms with van der Waals surface area (Å²) in [5.41, 5.74) is 2.46. The summed E-state index contributed by atoms with van der Waals surface area (Å²) in [6.45, 7) is 7.94. The van der Waals surface area contributed by atoms with Crippen molar-refractivity contribution in [2.45, 2.75) is 51.9 Å². The highest BCUT2D eigenvalue weighted by atomic mass is 16.5. The molecule has 2 atom stereocenters. The molecule has 2 unspecified atom stereocenters. The van der Waals surface area contributed by atoms with Gasteiger partial charge in [0, 0.05) is 31.7 Å². The molecule has 1 aliphatic rings. The van der Waals surface area contributed by atoms with Crippen molar-refractivity contribution < 1.29 is 9.47 Å². The van der Waals surface area contributed by atoms with Gasteiger partial charge in [-0.15, -0.1) is 0 Å². The molecule has 168 valence electrons. The SMILES string of the molecule is CCNC(=NCc1ccc(OC)c(OC)c1)NC1CCN(Cc2ccccc2)C(C)C1. The number of nitrogens with zero attached hydrogens (tertiary/aromatic N) is 2. The minimum atomic E-state index is 0.422. The third-order valence-corrected chi connectivity index (χ3v) is 5.80. The first-order valence-electron chi connectivity index (χ1n) is 11.2. The second kappa shape index (κ2) is 11.6. The van der Waals surface area contributed by atoms with Crippen LogP contribution in [0.3, 0.4) is 0 Å². The monoisotopic (exact) mass is 424 g/mol. The van der Waals surface area contributed by atoms with Crippen molar-refractivity contribution in [3.05, 3.63) is 59.7 Å². The summed E-state index contributed by atoms with van der Waals surface area (Å²) in [5.74, 6) is 2.33. The molecule has 0 aromatic heterocycles. The molecule has 3 rings (SSSR count). The maximum Gasteiger partial charge on any atom is 0.191 e. The molecule has 6 heteroatoms. The summed E-state index contributed by atoms with van der Waals surface area (Å²) in [5, 5.41) is 7.04. The molecule has 31 heavy (non-hydrogen) atoms. The first-order chi connectivity index (χ1) is 15.1. The van der Waals surface area contributed by atoms with Gasteiger partial charge in [0.2, 0.25) is 0 Å². The lowest BCUT2D eigenvalue weighted by molar-refractivity contribution is 0.134. The van der Waals surface area contributed by atoms with Crippen molar-refractivity contribution in [3.8, 4) is 11.5 Å². The van der Waals surface area contributed by atoms with Gasteiger partial charge in [-0.2, -0.15) is 0 Å². The van der Waals surface area contributed by atoms with Crippen LogP contribution in [0.1, 0.15) is 37.8 Å². The summed E-state index contributed by atoms with van der Waals surface area (Å²) >= 11 is 0. The fourth-order valence-corrected chi connectivity index (χ4v) is 4.07. The van der Waals surface area contributed by atoms with E-state index in [4.69, 9.17) is 14.5 Å². The zero-order valence-corrected chi connectivity index (χ0v) is 19.2. The van der Waals surface area contributed by atoms with Crippen molar-refractivity contribution in [2.24, 2.45) is 4.99 Å². The topological polar surface area (TPSA) is 58.1 Å². The fraction of sp³-hybridized carbons (Fsp3) is 0.480. The van der Waals surface area contributed by atoms with Gasteiger partial charge in [-0.05, 0) is 49.9 Å². The van der Waals surface area contributed by atoms with E-state index in [9.17, 15) is 0 Å². The van der Waals surface area contributed by atoms with Crippen LogP contribution in [-0.2, 0) is 13.1 Å². The lowest BCUT2D eigenvalue weighted by Crippen LogP contribution is -2.51. The van der Waals surface area contributed by atoms with Crippen molar-refractivity contribution in [3.63, 3.8) is 0 Å². The molecule has 0 spiro atoms. The standard InChI is InChI=1S/C25H36N4O2/c1-5-26-25(27-17-21-11-12-23(30-3)24(16-21)31-4)28-22-13-14-29(19(2)15-22)18-20-9-7-6-8-10-20/h6-12,16,19,22H,5,13-15,17-18H2,1-4H3,(H2,26,27,28). The summed E-state index contributed by atoms with van der Waals surface area (Å²) in [6.07, 6.45) is 2.21. The molecule has 0 saturated carbocycles. The van der Waals surface area contributed by atoms with Crippen LogP contribution in [0.15, 0.2) is 53.5 Å². The molecule has 0 aliphatic carbocycles. The van der Waals surface area contributed by atoms with E-state index < -0.39 is 0 Å². The van der Waals surface area contributed by atoms with E-state index in [-0.39, 0.29) is 0 Å². The predicted octanol–water partition coefficient (Wildman–Crippen LogP) is 3.81. The molecular formula is C25H36N4O2. The number of hydrogen-bond acceptors (Lipinski definition) is 4. The Balaban J connectivity index is 1.57. The molecule has 0 radical (unpaired) electrons. The fourth-order valence-electron chi connectivity index (χ4n) is 4.07. The normalized spacial score (nSPS) is 19.7. The number of nitrogens with one attached hydrogen (secondary N) is 2. The summed E-state index contributed by atoms with van der Waals surface area (Å²) in [4.78, 5) is 7.38. The molecule has 1 saturated heterocycles. The number of hydrogen-bond donors (Lipinski definition) is 2. The van der Waals surface area contributed by atoms with Gasteiger partial charge in [-0.1, -0.05) is 36.4 Å². The zero-order valence-electron chi connectivity index (χ0n) is 19.2. The van der Waals surface area contributed by atoms with Gasteiger partial charge in [0.25, 0.3) is 0 Å². The van der Waals surface area contributed by atoms with E-state index in [1.165, 1.54) is 5.56 Å². The largest absolute Gasteiger partial charge is 0.493 e. The summed E-state index contributed by atoms with van der Waals surface area (Å²) in [6, 6.07) is 17.6. The van der Waals surface area contributed by atoms with Crippen LogP contribution in [0, 0.1) is 0 Å². The molecule has 2 aromatic rings. The molecule has 2 N–H and O–H groups in total. The van der Waals surface area contributed by atoms with Gasteiger partial charge in [0.15, 0.2) is 17.5 Å². The van der Waals surface area contributed by atoms with Gasteiger partial charge in [-0.3, -0.25) is 4.90 Å². The zero-order chi connectivity index (χ0) is 22.1. The number of methoxy groups -OCH3 is 2. The molecule has 6 nitrogen and oxygen atoms in total. The van der Waals surface area contributed by atoms with E-state index in [0.717, 1.165) is 55.5 Å². The lowest BCUT2D eigenvalue weighted by atomic mass is 9.97. The molecular weight excluding hydrogens is 388 g/mol. The Morgan fingerprint density at radius 3 is 2.52 bits per heavy atom. The number of likely N-dealkylation sites (tertiary alicyclic amines) is 1. The highest BCUT2D eigenvalue weighted by Gasteiger charge is 2.26. The van der Waals surface area contributed by atoms with Crippen LogP contribution < -0.4 is 20.1 Å². The van der Waals surface area contributed by atoms with Gasteiger partial charge in [-0.25, -0.2) is 4.99 Å². The number of ether oxygens (including phenoxy) is 2. The van der Waals surface area contributed by atoms with Gasteiger partial charge < -0.3 is 20.1 Å². The predicted molar refractivity (Wildman–Crippen MR) is 127 cm³/mol. The Kier molecular flexibility index (Phi) is 8.59. The summed E-state index contributed by atoms with van der Waals surface area (Å²) in [7, 11) is 3.30. The smallest absolute Gasteiger partial charge is 0.191 e. The average molecular weight is 425 g/mol. The first-order valence-corrected chi connectivity index (χ1v) is 11.2. The first kappa shape index (κ1) is 22.9. The van der Waals surface area contributed by atoms with E-state index >= 15 is 0 Å². The van der Waals surface area contributed by atoms with Gasteiger partial charge in [0.1, 0.15) is 0 Å². The second-order valence-electron chi connectivity index (χ2n) is 8.06. The minimum absolute atomic E-state index is 0.422. The number of rotatable bonds is 8. The van der Waals surface area contributed by atoms with Crippen LogP contribution in [0.25, 0.3) is 0 Å². The van der Waals surface area contributed by atoms with E-state index in [1.54, 1.807) is 14.2 Å². The molecule has 0 amide bonds. The van der Waals surface area contributed by atoms with Crippen molar-refractivity contribution >= 4 is 5.96 Å². The van der Waals surface area contributed by atoms with E-state index in [2.05, 4.69) is 59.7 Å². The van der Waals surface area contributed by atoms with E-state index in [1.807, 2.05) is 18.2 Å². The molecule has 1 fully saturated rings. The summed E-state index contributed by atoms with van der Waals surface area (Å²) < 4.78 is 10.7. The third-order valence-electron chi connectivity index (χ3n) is 5.80. The molecule has 2 aromatic carbocycles. The van der Waals surface area contributed by atoms with Crippen molar-refractivity contribution in [1.29, 1.82) is 0 Å². The Hall–Kier alpha value is -2.73. The van der Waals surface area contributed by atoms with Crippen LogP contribution in [0.5, 0.6) is 11.5 Å². The van der Waals surface area contributed by atoms with Gasteiger partial charge in [0.05, 0.1) is 20.8 Å². The maximum absolute atomic E-state index is 5.41. The van der Waals surface area contributed by atoms with Gasteiger partial charge >= 0.3 is 0 Å². The molecule has 0 bridgehead atoms. The molecule has 1 aliphatic heterocycles. The number of benzene rings is 2. The highest BCUT2D eigenvalue weighted by molar-refractivity contribution is 5.80. The van der Waals surface area contributed by atoms with Crippen LogP contribution >= 0.6 is 0 Å². The maximum atomic E-state index is 5.41. The van der Waals surface area contributed by atoms with E-state index in [0.29, 0.717) is 18.6 Å². The Bertz CT molecular complexity index is 841. The number of guanidine groups is 1. The van der Waals surface area contributed by atoms with Crippen molar-refractivity contribution in [1.82, 2.24) is 15.5 Å². The molecule has 1 heterocycles. The Morgan fingerprint density at radius 2 is 1.84 bits per heavy atom. The second-order valence-corrected chi connectivity index (χ2v) is 8.06. The highest BCUT2D eigenvalue weighted by Crippen LogP contribution is 2.27. The quantitative estimate of drug-likeness (QED) is 0.498. The number of aliphatic imine (C=N–C) groups is 1. The Labute approximate surface area is 186 Å².